The Morgan fingerprint density at radius 3 is 2.74 bits per heavy atom. The van der Waals surface area contributed by atoms with Crippen LogP contribution in [-0.4, -0.2) is 30.6 Å². The third-order valence-corrected chi connectivity index (χ3v) is 3.24. The fourth-order valence-corrected chi connectivity index (χ4v) is 1.90. The maximum absolute atomic E-state index is 11.9. The molecule has 2 rings (SSSR count). The summed E-state index contributed by atoms with van der Waals surface area (Å²) in [6, 6.07) is 4.49. The molecule has 1 fully saturated rings. The number of nitrogens with zero attached hydrogens (tertiary/aromatic N) is 1. The molecule has 1 aromatic rings. The summed E-state index contributed by atoms with van der Waals surface area (Å²) in [5.41, 5.74) is 0.791. The molecule has 1 aromatic carbocycles. The summed E-state index contributed by atoms with van der Waals surface area (Å²) in [7, 11) is 0. The van der Waals surface area contributed by atoms with Crippen LogP contribution in [-0.2, 0) is 4.74 Å². The van der Waals surface area contributed by atoms with E-state index in [1.807, 2.05) is 6.92 Å². The van der Waals surface area contributed by atoms with Gasteiger partial charge in [0.25, 0.3) is 11.6 Å². The third-order valence-electron chi connectivity index (χ3n) is 3.24. The standard InChI is InChI=1S/C13H16N2O4/c1-9-3-4-10(5-11(9)15(17)18)12(16)14-6-13(2)7-19-8-13/h3-5H,6-8H2,1-2H3,(H,14,16). The molecule has 1 aliphatic rings. The zero-order chi connectivity index (χ0) is 14.0. The summed E-state index contributed by atoms with van der Waals surface area (Å²) in [4.78, 5) is 22.3. The molecule has 1 saturated heterocycles. The molecule has 0 unspecified atom stereocenters. The minimum absolute atomic E-state index is 0.0215. The lowest BCUT2D eigenvalue weighted by atomic mass is 9.88. The SMILES string of the molecule is Cc1ccc(C(=O)NCC2(C)COC2)cc1[N+](=O)[O-]. The molecule has 0 aliphatic carbocycles. The van der Waals surface area contributed by atoms with E-state index in [4.69, 9.17) is 4.74 Å². The monoisotopic (exact) mass is 264 g/mol. The average Bonchev–Trinajstić information content (AvgIpc) is 2.33. The molecule has 0 saturated carbocycles. The van der Waals surface area contributed by atoms with E-state index in [1.54, 1.807) is 19.1 Å². The van der Waals surface area contributed by atoms with Crippen molar-refractivity contribution < 1.29 is 14.5 Å². The summed E-state index contributed by atoms with van der Waals surface area (Å²) in [6.45, 7) is 5.43. The van der Waals surface area contributed by atoms with Gasteiger partial charge in [-0.1, -0.05) is 13.0 Å². The topological polar surface area (TPSA) is 81.5 Å². The first-order valence-corrected chi connectivity index (χ1v) is 6.02. The van der Waals surface area contributed by atoms with Gasteiger partial charge in [-0.05, 0) is 13.0 Å². The van der Waals surface area contributed by atoms with Crippen LogP contribution in [0.3, 0.4) is 0 Å². The second kappa shape index (κ2) is 4.97. The lowest BCUT2D eigenvalue weighted by molar-refractivity contribution is -0.385. The van der Waals surface area contributed by atoms with Crippen LogP contribution in [0.4, 0.5) is 5.69 Å². The molecule has 19 heavy (non-hydrogen) atoms. The number of hydrogen-bond donors (Lipinski definition) is 1. The largest absolute Gasteiger partial charge is 0.380 e. The number of nitro benzene ring substituents is 1. The normalized spacial score (nSPS) is 16.5. The van der Waals surface area contributed by atoms with Gasteiger partial charge in [-0.15, -0.1) is 0 Å². The number of benzene rings is 1. The first-order chi connectivity index (χ1) is 8.91. The summed E-state index contributed by atoms with van der Waals surface area (Å²) >= 11 is 0. The van der Waals surface area contributed by atoms with Crippen molar-refractivity contribution >= 4 is 11.6 Å². The van der Waals surface area contributed by atoms with E-state index in [0.717, 1.165) is 0 Å². The number of hydrogen-bond acceptors (Lipinski definition) is 4. The van der Waals surface area contributed by atoms with Crippen molar-refractivity contribution in [3.8, 4) is 0 Å². The van der Waals surface area contributed by atoms with Gasteiger partial charge in [-0.2, -0.15) is 0 Å². The second-order valence-corrected chi connectivity index (χ2v) is 5.24. The predicted octanol–water partition coefficient (Wildman–Crippen LogP) is 1.67. The van der Waals surface area contributed by atoms with Gasteiger partial charge in [0.2, 0.25) is 0 Å². The van der Waals surface area contributed by atoms with Gasteiger partial charge in [-0.3, -0.25) is 14.9 Å². The Balaban J connectivity index is 2.06. The number of aryl methyl sites for hydroxylation is 1. The van der Waals surface area contributed by atoms with Crippen molar-refractivity contribution in [2.24, 2.45) is 5.41 Å². The second-order valence-electron chi connectivity index (χ2n) is 5.24. The van der Waals surface area contributed by atoms with Crippen molar-refractivity contribution in [1.29, 1.82) is 0 Å². The molecule has 6 heteroatoms. The van der Waals surface area contributed by atoms with Crippen LogP contribution in [0.5, 0.6) is 0 Å². The molecule has 1 aliphatic heterocycles. The Hall–Kier alpha value is -1.95. The Morgan fingerprint density at radius 1 is 1.53 bits per heavy atom. The summed E-state index contributed by atoms with van der Waals surface area (Å²) in [5, 5.41) is 13.6. The van der Waals surface area contributed by atoms with Gasteiger partial charge in [0.05, 0.1) is 18.1 Å². The molecule has 0 spiro atoms. The highest BCUT2D eigenvalue weighted by Crippen LogP contribution is 2.25. The quantitative estimate of drug-likeness (QED) is 0.662. The number of amides is 1. The Kier molecular flexibility index (Phi) is 3.53. The summed E-state index contributed by atoms with van der Waals surface area (Å²) < 4.78 is 5.10. The van der Waals surface area contributed by atoms with Crippen molar-refractivity contribution in [1.82, 2.24) is 5.32 Å². The maximum atomic E-state index is 11.9. The van der Waals surface area contributed by atoms with Crippen molar-refractivity contribution in [3.63, 3.8) is 0 Å². The third kappa shape index (κ3) is 2.90. The molecule has 0 bridgehead atoms. The van der Waals surface area contributed by atoms with Gasteiger partial charge < -0.3 is 10.1 Å². The van der Waals surface area contributed by atoms with Crippen LogP contribution in [0.1, 0.15) is 22.8 Å². The van der Waals surface area contributed by atoms with Gasteiger partial charge in [0.15, 0.2) is 0 Å². The molecule has 1 amide bonds. The lowest BCUT2D eigenvalue weighted by Crippen LogP contribution is -2.48. The minimum Gasteiger partial charge on any atom is -0.380 e. The molecular formula is C13H16N2O4. The fourth-order valence-electron chi connectivity index (χ4n) is 1.90. The van der Waals surface area contributed by atoms with Crippen molar-refractivity contribution in [3.05, 3.63) is 39.4 Å². The van der Waals surface area contributed by atoms with E-state index in [0.29, 0.717) is 30.9 Å². The van der Waals surface area contributed by atoms with Crippen LogP contribution >= 0.6 is 0 Å². The number of rotatable bonds is 4. The molecule has 0 radical (unpaired) electrons. The van der Waals surface area contributed by atoms with Crippen LogP contribution in [0.2, 0.25) is 0 Å². The zero-order valence-corrected chi connectivity index (χ0v) is 10.9. The van der Waals surface area contributed by atoms with Gasteiger partial charge in [0, 0.05) is 29.2 Å². The molecule has 1 heterocycles. The van der Waals surface area contributed by atoms with Crippen LogP contribution in [0, 0.1) is 22.5 Å². The Morgan fingerprint density at radius 2 is 2.21 bits per heavy atom. The van der Waals surface area contributed by atoms with E-state index in [-0.39, 0.29) is 17.0 Å². The average molecular weight is 264 g/mol. The van der Waals surface area contributed by atoms with Crippen molar-refractivity contribution in [2.75, 3.05) is 19.8 Å². The van der Waals surface area contributed by atoms with Gasteiger partial charge in [0.1, 0.15) is 0 Å². The van der Waals surface area contributed by atoms with E-state index in [9.17, 15) is 14.9 Å². The van der Waals surface area contributed by atoms with Gasteiger partial charge >= 0.3 is 0 Å². The van der Waals surface area contributed by atoms with Crippen LogP contribution < -0.4 is 5.32 Å². The predicted molar refractivity (Wildman–Crippen MR) is 69.1 cm³/mol. The van der Waals surface area contributed by atoms with Crippen LogP contribution in [0.25, 0.3) is 0 Å². The zero-order valence-electron chi connectivity index (χ0n) is 10.9. The minimum atomic E-state index is -0.479. The first-order valence-electron chi connectivity index (χ1n) is 6.02. The molecule has 1 N–H and O–H groups in total. The van der Waals surface area contributed by atoms with Crippen molar-refractivity contribution in [2.45, 2.75) is 13.8 Å². The lowest BCUT2D eigenvalue weighted by Gasteiger charge is -2.38. The summed E-state index contributed by atoms with van der Waals surface area (Å²) in [6.07, 6.45) is 0. The summed E-state index contributed by atoms with van der Waals surface area (Å²) in [5.74, 6) is -0.295. The molecule has 0 atom stereocenters. The fraction of sp³-hybridized carbons (Fsp3) is 0.462. The number of nitrogens with one attached hydrogen (secondary N) is 1. The Labute approximate surface area is 110 Å². The highest BCUT2D eigenvalue weighted by atomic mass is 16.6. The molecular weight excluding hydrogens is 248 g/mol. The molecule has 102 valence electrons. The first kappa shape index (κ1) is 13.5. The maximum Gasteiger partial charge on any atom is 0.273 e. The molecule has 0 aromatic heterocycles. The number of carbonyl (C=O) groups is 1. The highest BCUT2D eigenvalue weighted by molar-refractivity contribution is 5.95. The highest BCUT2D eigenvalue weighted by Gasteiger charge is 2.33. The Bertz CT molecular complexity index is 523. The van der Waals surface area contributed by atoms with E-state index >= 15 is 0 Å². The number of carbonyl (C=O) groups excluding carboxylic acids is 1. The van der Waals surface area contributed by atoms with Gasteiger partial charge in [-0.25, -0.2) is 0 Å². The number of nitro groups is 1. The van der Waals surface area contributed by atoms with E-state index in [2.05, 4.69) is 5.32 Å². The van der Waals surface area contributed by atoms with Crippen LogP contribution in [0.15, 0.2) is 18.2 Å². The van der Waals surface area contributed by atoms with E-state index < -0.39 is 4.92 Å². The molecule has 6 nitrogen and oxygen atoms in total. The number of ether oxygens (including phenoxy) is 1. The smallest absolute Gasteiger partial charge is 0.273 e. The van der Waals surface area contributed by atoms with E-state index in [1.165, 1.54) is 6.07 Å².